The molecule has 0 radical (unpaired) electrons. The summed E-state index contributed by atoms with van der Waals surface area (Å²) in [4.78, 5) is 11.8. The number of alkyl halides is 3. The van der Waals surface area contributed by atoms with Crippen molar-refractivity contribution in [1.29, 1.82) is 0 Å². The minimum Gasteiger partial charge on any atom is -0.356 e. The highest BCUT2D eigenvalue weighted by Gasteiger charge is 2.32. The van der Waals surface area contributed by atoms with Crippen LogP contribution in [0.25, 0.3) is 0 Å². The van der Waals surface area contributed by atoms with E-state index >= 15 is 0 Å². The van der Waals surface area contributed by atoms with Crippen molar-refractivity contribution in [2.24, 2.45) is 11.7 Å². The Morgan fingerprint density at radius 1 is 1.27 bits per heavy atom. The van der Waals surface area contributed by atoms with Gasteiger partial charge < -0.3 is 11.1 Å². The van der Waals surface area contributed by atoms with Gasteiger partial charge in [-0.3, -0.25) is 4.79 Å². The number of carbonyl (C=O) groups is 1. The van der Waals surface area contributed by atoms with Crippen LogP contribution >= 0.6 is 0 Å². The third-order valence-electron chi connectivity index (χ3n) is 4.20. The quantitative estimate of drug-likeness (QED) is 0.878. The second kappa shape index (κ2) is 7.13. The average molecular weight is 314 g/mol. The Morgan fingerprint density at radius 2 is 2.00 bits per heavy atom. The van der Waals surface area contributed by atoms with Crippen molar-refractivity contribution < 1.29 is 18.0 Å². The Labute approximate surface area is 128 Å². The molecule has 1 amide bonds. The fourth-order valence-corrected chi connectivity index (χ4v) is 2.98. The Kier molecular flexibility index (Phi) is 5.45. The van der Waals surface area contributed by atoms with Gasteiger partial charge in [-0.15, -0.1) is 0 Å². The zero-order valence-corrected chi connectivity index (χ0v) is 12.3. The predicted molar refractivity (Wildman–Crippen MR) is 78.1 cm³/mol. The smallest absolute Gasteiger partial charge is 0.356 e. The minimum atomic E-state index is -4.36. The number of rotatable bonds is 5. The first-order valence-electron chi connectivity index (χ1n) is 7.55. The molecule has 0 saturated heterocycles. The monoisotopic (exact) mass is 314 g/mol. The fourth-order valence-electron chi connectivity index (χ4n) is 2.98. The van der Waals surface area contributed by atoms with Crippen LogP contribution in [-0.4, -0.2) is 18.5 Å². The molecule has 0 bridgehead atoms. The SMILES string of the molecule is N[C@@H]1CCC[C@H]1CC(=O)NCCc1ccccc1C(F)(F)F. The lowest BCUT2D eigenvalue weighted by molar-refractivity contribution is -0.138. The molecule has 0 spiro atoms. The average Bonchev–Trinajstić information content (AvgIpc) is 2.83. The molecule has 0 heterocycles. The molecule has 1 saturated carbocycles. The lowest BCUT2D eigenvalue weighted by Gasteiger charge is -2.15. The Balaban J connectivity index is 1.83. The zero-order chi connectivity index (χ0) is 16.2. The third kappa shape index (κ3) is 4.47. The van der Waals surface area contributed by atoms with Crippen LogP contribution in [0, 0.1) is 5.92 Å². The number of hydrogen-bond donors (Lipinski definition) is 2. The van der Waals surface area contributed by atoms with E-state index in [0.29, 0.717) is 6.42 Å². The second-order valence-corrected chi connectivity index (χ2v) is 5.81. The van der Waals surface area contributed by atoms with Crippen LogP contribution in [-0.2, 0) is 17.4 Å². The van der Waals surface area contributed by atoms with Gasteiger partial charge in [0, 0.05) is 19.0 Å². The lowest BCUT2D eigenvalue weighted by Crippen LogP contribution is -2.32. The summed E-state index contributed by atoms with van der Waals surface area (Å²) in [7, 11) is 0. The van der Waals surface area contributed by atoms with Crippen LogP contribution in [0.3, 0.4) is 0 Å². The number of nitrogens with two attached hydrogens (primary N) is 1. The summed E-state index contributed by atoms with van der Waals surface area (Å²) < 4.78 is 38.5. The largest absolute Gasteiger partial charge is 0.416 e. The normalized spacial score (nSPS) is 21.8. The molecule has 1 aromatic rings. The molecule has 6 heteroatoms. The molecule has 3 nitrogen and oxygen atoms in total. The molecule has 1 aliphatic carbocycles. The second-order valence-electron chi connectivity index (χ2n) is 5.81. The van der Waals surface area contributed by atoms with Gasteiger partial charge in [-0.25, -0.2) is 0 Å². The molecule has 1 aromatic carbocycles. The first kappa shape index (κ1) is 16.8. The topological polar surface area (TPSA) is 55.1 Å². The molecule has 2 atom stereocenters. The maximum atomic E-state index is 12.8. The number of hydrogen-bond acceptors (Lipinski definition) is 2. The van der Waals surface area contributed by atoms with E-state index in [4.69, 9.17) is 5.73 Å². The van der Waals surface area contributed by atoms with E-state index < -0.39 is 11.7 Å². The van der Waals surface area contributed by atoms with Crippen molar-refractivity contribution in [2.45, 2.75) is 44.3 Å². The van der Waals surface area contributed by atoms with Gasteiger partial charge in [0.15, 0.2) is 0 Å². The molecular formula is C16H21F3N2O. The Hall–Kier alpha value is -1.56. The van der Waals surface area contributed by atoms with Gasteiger partial charge >= 0.3 is 6.18 Å². The molecule has 3 N–H and O–H groups in total. The van der Waals surface area contributed by atoms with Gasteiger partial charge in [0.2, 0.25) is 5.91 Å². The van der Waals surface area contributed by atoms with Crippen molar-refractivity contribution in [3.63, 3.8) is 0 Å². The highest BCUT2D eigenvalue weighted by molar-refractivity contribution is 5.76. The van der Waals surface area contributed by atoms with Gasteiger partial charge in [0.1, 0.15) is 0 Å². The summed E-state index contributed by atoms with van der Waals surface area (Å²) in [6.07, 6.45) is -0.905. The lowest BCUT2D eigenvalue weighted by atomic mass is 10.00. The van der Waals surface area contributed by atoms with Crippen molar-refractivity contribution in [1.82, 2.24) is 5.32 Å². The summed E-state index contributed by atoms with van der Waals surface area (Å²) in [5.74, 6) is 0.0642. The van der Waals surface area contributed by atoms with E-state index in [0.717, 1.165) is 25.3 Å². The molecule has 1 fully saturated rings. The van der Waals surface area contributed by atoms with E-state index in [-0.39, 0.29) is 36.4 Å². The van der Waals surface area contributed by atoms with E-state index in [9.17, 15) is 18.0 Å². The fraction of sp³-hybridized carbons (Fsp3) is 0.562. The van der Waals surface area contributed by atoms with Crippen LogP contribution in [0.5, 0.6) is 0 Å². The number of amides is 1. The van der Waals surface area contributed by atoms with Crippen molar-refractivity contribution in [3.05, 3.63) is 35.4 Å². The highest BCUT2D eigenvalue weighted by Crippen LogP contribution is 2.32. The molecule has 1 aliphatic rings. The van der Waals surface area contributed by atoms with E-state index in [1.165, 1.54) is 12.1 Å². The van der Waals surface area contributed by atoms with Crippen LogP contribution in [0.4, 0.5) is 13.2 Å². The van der Waals surface area contributed by atoms with Crippen molar-refractivity contribution in [2.75, 3.05) is 6.54 Å². The summed E-state index contributed by atoms with van der Waals surface area (Å²) in [6, 6.07) is 5.52. The summed E-state index contributed by atoms with van der Waals surface area (Å²) in [6.45, 7) is 0.202. The predicted octanol–water partition coefficient (Wildman–Crippen LogP) is 2.88. The van der Waals surface area contributed by atoms with Gasteiger partial charge in [0.05, 0.1) is 5.56 Å². The first-order valence-corrected chi connectivity index (χ1v) is 7.55. The van der Waals surface area contributed by atoms with Crippen LogP contribution in [0.15, 0.2) is 24.3 Å². The maximum absolute atomic E-state index is 12.8. The highest BCUT2D eigenvalue weighted by atomic mass is 19.4. The van der Waals surface area contributed by atoms with Gasteiger partial charge in [-0.1, -0.05) is 24.6 Å². The van der Waals surface area contributed by atoms with E-state index in [1.54, 1.807) is 6.07 Å². The van der Waals surface area contributed by atoms with E-state index in [2.05, 4.69) is 5.32 Å². The molecule has 0 aromatic heterocycles. The molecule has 0 aliphatic heterocycles. The number of halogens is 3. The number of benzene rings is 1. The summed E-state index contributed by atoms with van der Waals surface area (Å²) in [5.41, 5.74) is 5.47. The van der Waals surface area contributed by atoms with Crippen LogP contribution in [0.1, 0.15) is 36.8 Å². The van der Waals surface area contributed by atoms with Gasteiger partial charge in [-0.2, -0.15) is 13.2 Å². The minimum absolute atomic E-state index is 0.0664. The molecule has 22 heavy (non-hydrogen) atoms. The van der Waals surface area contributed by atoms with Gasteiger partial charge in [0.25, 0.3) is 0 Å². The molecule has 0 unspecified atom stereocenters. The van der Waals surface area contributed by atoms with E-state index in [1.807, 2.05) is 0 Å². The van der Waals surface area contributed by atoms with Crippen LogP contribution < -0.4 is 11.1 Å². The summed E-state index contributed by atoms with van der Waals surface area (Å²) >= 11 is 0. The van der Waals surface area contributed by atoms with Crippen LogP contribution in [0.2, 0.25) is 0 Å². The maximum Gasteiger partial charge on any atom is 0.416 e. The van der Waals surface area contributed by atoms with Gasteiger partial charge in [-0.05, 0) is 36.8 Å². The molecule has 122 valence electrons. The third-order valence-corrected chi connectivity index (χ3v) is 4.20. The Morgan fingerprint density at radius 3 is 2.64 bits per heavy atom. The number of nitrogens with one attached hydrogen (secondary N) is 1. The molecular weight excluding hydrogens is 293 g/mol. The zero-order valence-electron chi connectivity index (χ0n) is 12.3. The molecule has 2 rings (SSSR count). The standard InChI is InChI=1S/C16H21F3N2O/c17-16(18,19)13-6-2-1-4-11(13)8-9-21-15(22)10-12-5-3-7-14(12)20/h1-2,4,6,12,14H,3,5,7-10,20H2,(H,21,22)/t12-,14+/m0/s1. The first-order chi connectivity index (χ1) is 10.4. The number of carbonyl (C=O) groups excluding carboxylic acids is 1. The summed E-state index contributed by atoms with van der Waals surface area (Å²) in [5, 5.41) is 2.70. The van der Waals surface area contributed by atoms with Crippen molar-refractivity contribution in [3.8, 4) is 0 Å². The van der Waals surface area contributed by atoms with Crippen molar-refractivity contribution >= 4 is 5.91 Å². The Bertz CT molecular complexity index is 516.